The predicted octanol–water partition coefficient (Wildman–Crippen LogP) is 4.23. The van der Waals surface area contributed by atoms with Crippen molar-refractivity contribution >= 4 is 15.9 Å². The molecule has 0 unspecified atom stereocenters. The molecule has 0 aliphatic heterocycles. The highest BCUT2D eigenvalue weighted by Crippen LogP contribution is 2.26. The minimum Gasteiger partial charge on any atom is -0.496 e. The van der Waals surface area contributed by atoms with Gasteiger partial charge < -0.3 is 14.2 Å². The monoisotopic (exact) mass is 350 g/mol. The lowest BCUT2D eigenvalue weighted by Gasteiger charge is -2.09. The van der Waals surface area contributed by atoms with Crippen LogP contribution in [-0.4, -0.2) is 20.8 Å². The van der Waals surface area contributed by atoms with Crippen molar-refractivity contribution in [3.63, 3.8) is 0 Å². The molecule has 2 aromatic rings. The molecule has 0 aliphatic rings. The molecule has 0 radical (unpaired) electrons. The molecule has 0 N–H and O–H groups in total. The van der Waals surface area contributed by atoms with Crippen molar-refractivity contribution in [3.8, 4) is 11.5 Å². The molecule has 112 valence electrons. The zero-order chi connectivity index (χ0) is 15.1. The van der Waals surface area contributed by atoms with Crippen LogP contribution in [0.1, 0.15) is 11.1 Å². The lowest BCUT2D eigenvalue weighted by atomic mass is 10.1. The van der Waals surface area contributed by atoms with Crippen LogP contribution in [0.4, 0.5) is 0 Å². The van der Waals surface area contributed by atoms with Crippen molar-refractivity contribution in [2.75, 3.05) is 20.8 Å². The highest BCUT2D eigenvalue weighted by Gasteiger charge is 2.02. The summed E-state index contributed by atoms with van der Waals surface area (Å²) >= 11 is 3.47. The first-order valence-electron chi connectivity index (χ1n) is 6.76. The number of hydrogen-bond acceptors (Lipinski definition) is 3. The average molecular weight is 351 g/mol. The second kappa shape index (κ2) is 8.05. The highest BCUT2D eigenvalue weighted by atomic mass is 79.9. The highest BCUT2D eigenvalue weighted by molar-refractivity contribution is 9.10. The summed E-state index contributed by atoms with van der Waals surface area (Å²) in [5, 5.41) is 0. The average Bonchev–Trinajstić information content (AvgIpc) is 2.52. The first-order chi connectivity index (χ1) is 10.2. The van der Waals surface area contributed by atoms with Gasteiger partial charge in [0.25, 0.3) is 0 Å². The molecule has 0 spiro atoms. The number of methoxy groups -OCH3 is 2. The van der Waals surface area contributed by atoms with Crippen LogP contribution in [0.3, 0.4) is 0 Å². The molecule has 0 amide bonds. The molecule has 0 atom stereocenters. The van der Waals surface area contributed by atoms with Crippen LogP contribution < -0.4 is 9.47 Å². The predicted molar refractivity (Wildman–Crippen MR) is 87.0 cm³/mol. The Balaban J connectivity index is 1.92. The summed E-state index contributed by atoms with van der Waals surface area (Å²) < 4.78 is 17.0. The Labute approximate surface area is 134 Å². The summed E-state index contributed by atoms with van der Waals surface area (Å²) in [4.78, 5) is 0. The van der Waals surface area contributed by atoms with Gasteiger partial charge in [-0.05, 0) is 57.7 Å². The second-order valence-electron chi connectivity index (χ2n) is 4.64. The summed E-state index contributed by atoms with van der Waals surface area (Å²) in [6, 6.07) is 14.0. The van der Waals surface area contributed by atoms with Gasteiger partial charge in [-0.15, -0.1) is 0 Å². The minimum absolute atomic E-state index is 0.528. The number of ether oxygens (including phenoxy) is 3. The van der Waals surface area contributed by atoms with Gasteiger partial charge in [0.15, 0.2) is 0 Å². The Kier molecular flexibility index (Phi) is 6.08. The Morgan fingerprint density at radius 3 is 2.29 bits per heavy atom. The van der Waals surface area contributed by atoms with Crippen molar-refractivity contribution in [2.45, 2.75) is 13.0 Å². The van der Waals surface area contributed by atoms with Crippen LogP contribution >= 0.6 is 15.9 Å². The van der Waals surface area contributed by atoms with Gasteiger partial charge in [-0.25, -0.2) is 0 Å². The van der Waals surface area contributed by atoms with Crippen molar-refractivity contribution in [1.82, 2.24) is 0 Å². The van der Waals surface area contributed by atoms with Gasteiger partial charge in [-0.2, -0.15) is 0 Å². The molecule has 0 aliphatic carbocycles. The molecule has 4 heteroatoms. The molecular formula is C17H19BrO3. The van der Waals surface area contributed by atoms with E-state index in [4.69, 9.17) is 14.2 Å². The second-order valence-corrected chi connectivity index (χ2v) is 5.50. The van der Waals surface area contributed by atoms with Gasteiger partial charge in [0.05, 0.1) is 18.2 Å². The summed E-state index contributed by atoms with van der Waals surface area (Å²) in [6.07, 6.45) is 0.919. The molecule has 3 nitrogen and oxygen atoms in total. The van der Waals surface area contributed by atoms with Gasteiger partial charge in [0, 0.05) is 7.11 Å². The van der Waals surface area contributed by atoms with Crippen LogP contribution in [0.5, 0.6) is 11.5 Å². The van der Waals surface area contributed by atoms with Crippen molar-refractivity contribution in [1.29, 1.82) is 0 Å². The summed E-state index contributed by atoms with van der Waals surface area (Å²) in [5.41, 5.74) is 2.34. The Morgan fingerprint density at radius 1 is 0.952 bits per heavy atom. The van der Waals surface area contributed by atoms with Gasteiger partial charge >= 0.3 is 0 Å². The standard InChI is InChI=1S/C17H19BrO3/c1-19-10-9-13-3-6-15(7-4-13)21-12-14-5-8-17(20-2)16(18)11-14/h3-8,11H,9-10,12H2,1-2H3. The van der Waals surface area contributed by atoms with Crippen LogP contribution in [0.25, 0.3) is 0 Å². The van der Waals surface area contributed by atoms with Gasteiger partial charge in [-0.3, -0.25) is 0 Å². The number of rotatable bonds is 7. The molecular weight excluding hydrogens is 332 g/mol. The quantitative estimate of drug-likeness (QED) is 0.747. The van der Waals surface area contributed by atoms with E-state index in [1.165, 1.54) is 5.56 Å². The minimum atomic E-state index is 0.528. The van der Waals surface area contributed by atoms with E-state index in [1.807, 2.05) is 30.3 Å². The van der Waals surface area contributed by atoms with Crippen LogP contribution in [0.15, 0.2) is 46.9 Å². The number of benzene rings is 2. The molecule has 0 saturated carbocycles. The Hall–Kier alpha value is -1.52. The third-order valence-corrected chi connectivity index (χ3v) is 3.76. The van der Waals surface area contributed by atoms with E-state index >= 15 is 0 Å². The summed E-state index contributed by atoms with van der Waals surface area (Å²) in [7, 11) is 3.37. The molecule has 0 aromatic heterocycles. The van der Waals surface area contributed by atoms with Gasteiger partial charge in [0.2, 0.25) is 0 Å². The molecule has 0 fully saturated rings. The molecule has 0 bridgehead atoms. The number of hydrogen-bond donors (Lipinski definition) is 0. The Bertz CT molecular complexity index is 567. The van der Waals surface area contributed by atoms with E-state index in [0.717, 1.165) is 34.6 Å². The van der Waals surface area contributed by atoms with Crippen molar-refractivity contribution in [2.24, 2.45) is 0 Å². The SMILES string of the molecule is COCCc1ccc(OCc2ccc(OC)c(Br)c2)cc1. The third-order valence-electron chi connectivity index (χ3n) is 3.14. The third kappa shape index (κ3) is 4.76. The fraction of sp³-hybridized carbons (Fsp3) is 0.294. The molecule has 2 rings (SSSR count). The van der Waals surface area contributed by atoms with Crippen LogP contribution in [-0.2, 0) is 17.8 Å². The van der Waals surface area contributed by atoms with E-state index in [-0.39, 0.29) is 0 Å². The lowest BCUT2D eigenvalue weighted by Crippen LogP contribution is -1.97. The maximum atomic E-state index is 5.79. The fourth-order valence-corrected chi connectivity index (χ4v) is 2.53. The zero-order valence-electron chi connectivity index (χ0n) is 12.3. The summed E-state index contributed by atoms with van der Waals surface area (Å²) in [6.45, 7) is 1.26. The molecule has 0 heterocycles. The van der Waals surface area contributed by atoms with Crippen LogP contribution in [0, 0.1) is 0 Å². The molecule has 2 aromatic carbocycles. The smallest absolute Gasteiger partial charge is 0.133 e. The lowest BCUT2D eigenvalue weighted by molar-refractivity contribution is 0.202. The van der Waals surface area contributed by atoms with Crippen LogP contribution in [0.2, 0.25) is 0 Å². The van der Waals surface area contributed by atoms with E-state index in [0.29, 0.717) is 6.61 Å². The Morgan fingerprint density at radius 2 is 1.67 bits per heavy atom. The van der Waals surface area contributed by atoms with Gasteiger partial charge in [-0.1, -0.05) is 18.2 Å². The van der Waals surface area contributed by atoms with E-state index in [1.54, 1.807) is 14.2 Å². The molecule has 21 heavy (non-hydrogen) atoms. The number of halogens is 1. The van der Waals surface area contributed by atoms with Gasteiger partial charge in [0.1, 0.15) is 18.1 Å². The van der Waals surface area contributed by atoms with Crippen molar-refractivity contribution < 1.29 is 14.2 Å². The topological polar surface area (TPSA) is 27.7 Å². The van der Waals surface area contributed by atoms with E-state index in [2.05, 4.69) is 28.1 Å². The maximum Gasteiger partial charge on any atom is 0.133 e. The van der Waals surface area contributed by atoms with Crippen molar-refractivity contribution in [3.05, 3.63) is 58.1 Å². The maximum absolute atomic E-state index is 5.79. The van der Waals surface area contributed by atoms with E-state index in [9.17, 15) is 0 Å². The first kappa shape index (κ1) is 15.9. The zero-order valence-corrected chi connectivity index (χ0v) is 13.9. The first-order valence-corrected chi connectivity index (χ1v) is 7.55. The fourth-order valence-electron chi connectivity index (χ4n) is 1.94. The van der Waals surface area contributed by atoms with E-state index < -0.39 is 0 Å². The largest absolute Gasteiger partial charge is 0.496 e. The summed E-state index contributed by atoms with van der Waals surface area (Å²) in [5.74, 6) is 1.68. The normalized spacial score (nSPS) is 10.4. The molecule has 0 saturated heterocycles.